The highest BCUT2D eigenvalue weighted by Gasteiger charge is 2.22. The summed E-state index contributed by atoms with van der Waals surface area (Å²) in [5.41, 5.74) is 0.514. The molecule has 1 amide bonds. The molecule has 0 saturated heterocycles. The average Bonchev–Trinajstić information content (AvgIpc) is 3.21. The third-order valence-corrected chi connectivity index (χ3v) is 7.91. The molecule has 1 aliphatic heterocycles. The second-order valence-electron chi connectivity index (χ2n) is 5.87. The number of thioether (sulfide) groups is 2. The van der Waals surface area contributed by atoms with Gasteiger partial charge in [0.05, 0.1) is 16.7 Å². The fourth-order valence-electron chi connectivity index (χ4n) is 2.34. The van der Waals surface area contributed by atoms with Crippen LogP contribution in [-0.2, 0) is 14.8 Å². The largest absolute Gasteiger partial charge is 0.325 e. The van der Waals surface area contributed by atoms with Crippen LogP contribution in [0.2, 0.25) is 5.15 Å². The van der Waals surface area contributed by atoms with Crippen molar-refractivity contribution in [2.24, 2.45) is 4.99 Å². The smallest absolute Gasteiger partial charge is 0.263 e. The Bertz CT molecular complexity index is 998. The molecule has 1 aromatic carbocycles. The molecule has 0 bridgehead atoms. The first-order chi connectivity index (χ1) is 13.9. The van der Waals surface area contributed by atoms with Crippen molar-refractivity contribution in [3.05, 3.63) is 41.6 Å². The van der Waals surface area contributed by atoms with Crippen LogP contribution < -0.4 is 10.0 Å². The van der Waals surface area contributed by atoms with E-state index in [0.717, 1.165) is 16.7 Å². The lowest BCUT2D eigenvalue weighted by atomic mass is 10.3. The van der Waals surface area contributed by atoms with E-state index >= 15 is 0 Å². The van der Waals surface area contributed by atoms with Crippen molar-refractivity contribution in [2.45, 2.75) is 23.5 Å². The number of hydrogen-bond donors (Lipinski definition) is 2. The van der Waals surface area contributed by atoms with Crippen molar-refractivity contribution >= 4 is 66.9 Å². The lowest BCUT2D eigenvalue weighted by Crippen LogP contribution is -2.25. The van der Waals surface area contributed by atoms with E-state index in [1.165, 1.54) is 36.0 Å². The van der Waals surface area contributed by atoms with E-state index in [1.807, 2.05) is 6.92 Å². The number of aromatic nitrogens is 2. The number of amides is 1. The summed E-state index contributed by atoms with van der Waals surface area (Å²) in [4.78, 5) is 16.9. The quantitative estimate of drug-likeness (QED) is 0.635. The zero-order valence-electron chi connectivity index (χ0n) is 15.3. The molecule has 0 radical (unpaired) electrons. The third kappa shape index (κ3) is 6.08. The number of rotatable bonds is 7. The fourth-order valence-corrected chi connectivity index (χ4v) is 5.59. The predicted molar refractivity (Wildman–Crippen MR) is 119 cm³/mol. The highest BCUT2D eigenvalue weighted by molar-refractivity contribution is 8.39. The SMILES string of the molecule is CCC(SC1=NCCS1)C(=O)Nc1ccc(S(=O)(=O)Nc2ccc(Cl)nn2)cc1. The Hall–Kier alpha value is -1.82. The van der Waals surface area contributed by atoms with Gasteiger partial charge in [-0.3, -0.25) is 14.5 Å². The van der Waals surface area contributed by atoms with E-state index in [-0.39, 0.29) is 27.0 Å². The molecule has 0 fully saturated rings. The Morgan fingerprint density at radius 1 is 1.24 bits per heavy atom. The van der Waals surface area contributed by atoms with Gasteiger partial charge in [0.25, 0.3) is 10.0 Å². The number of benzene rings is 1. The molecule has 0 saturated carbocycles. The Labute approximate surface area is 182 Å². The van der Waals surface area contributed by atoms with Crippen LogP contribution >= 0.6 is 35.1 Å². The highest BCUT2D eigenvalue weighted by atomic mass is 35.5. The fraction of sp³-hybridized carbons (Fsp3) is 0.294. The maximum absolute atomic E-state index is 12.5. The summed E-state index contributed by atoms with van der Waals surface area (Å²) >= 11 is 8.76. The topological polar surface area (TPSA) is 113 Å². The van der Waals surface area contributed by atoms with Crippen LogP contribution in [-0.4, -0.2) is 46.4 Å². The van der Waals surface area contributed by atoms with Crippen molar-refractivity contribution in [2.75, 3.05) is 22.3 Å². The summed E-state index contributed by atoms with van der Waals surface area (Å²) in [6.45, 7) is 2.73. The lowest BCUT2D eigenvalue weighted by molar-refractivity contribution is -0.115. The number of carbonyl (C=O) groups excluding carboxylic acids is 1. The standard InChI is InChI=1S/C17H18ClN5O3S3/c1-2-13(28-17-19-9-10-27-17)16(24)20-11-3-5-12(6-4-11)29(25,26)23-15-8-7-14(18)21-22-15/h3-8,13H,2,9-10H2,1H3,(H,20,24)(H,22,23). The first-order valence-electron chi connectivity index (χ1n) is 8.64. The molecular formula is C17H18ClN5O3S3. The van der Waals surface area contributed by atoms with Crippen molar-refractivity contribution in [1.29, 1.82) is 0 Å². The van der Waals surface area contributed by atoms with Gasteiger partial charge in [0.2, 0.25) is 5.91 Å². The minimum absolute atomic E-state index is 0.0328. The van der Waals surface area contributed by atoms with Gasteiger partial charge < -0.3 is 5.32 Å². The number of aliphatic imine (C=N–C) groups is 1. The van der Waals surface area contributed by atoms with Crippen LogP contribution in [0.15, 0.2) is 46.3 Å². The van der Waals surface area contributed by atoms with Crippen molar-refractivity contribution < 1.29 is 13.2 Å². The van der Waals surface area contributed by atoms with Crippen molar-refractivity contribution in [3.63, 3.8) is 0 Å². The Kier molecular flexibility index (Phi) is 7.38. The van der Waals surface area contributed by atoms with Crippen LogP contribution in [0, 0.1) is 0 Å². The second-order valence-corrected chi connectivity index (χ2v) is 10.5. The molecule has 3 rings (SSSR count). The molecule has 12 heteroatoms. The average molecular weight is 472 g/mol. The van der Waals surface area contributed by atoms with Crippen LogP contribution in [0.25, 0.3) is 0 Å². The summed E-state index contributed by atoms with van der Waals surface area (Å²) < 4.78 is 28.2. The number of anilines is 2. The van der Waals surface area contributed by atoms with Crippen LogP contribution in [0.3, 0.4) is 0 Å². The first-order valence-corrected chi connectivity index (χ1v) is 12.4. The van der Waals surface area contributed by atoms with Crippen LogP contribution in [0.1, 0.15) is 13.3 Å². The zero-order chi connectivity index (χ0) is 20.9. The van der Waals surface area contributed by atoms with Gasteiger partial charge in [0, 0.05) is 11.4 Å². The molecule has 0 aliphatic carbocycles. The molecule has 1 atom stereocenters. The molecular weight excluding hydrogens is 454 g/mol. The van der Waals surface area contributed by atoms with Gasteiger partial charge in [-0.1, -0.05) is 42.0 Å². The van der Waals surface area contributed by atoms with Gasteiger partial charge in [0.15, 0.2) is 11.0 Å². The summed E-state index contributed by atoms with van der Waals surface area (Å²) in [6, 6.07) is 8.75. The van der Waals surface area contributed by atoms with Gasteiger partial charge in [-0.25, -0.2) is 8.42 Å². The van der Waals surface area contributed by atoms with Gasteiger partial charge >= 0.3 is 0 Å². The number of nitrogens with one attached hydrogen (secondary N) is 2. The molecule has 1 aliphatic rings. The molecule has 8 nitrogen and oxygen atoms in total. The molecule has 2 aromatic rings. The van der Waals surface area contributed by atoms with E-state index in [2.05, 4.69) is 25.2 Å². The Morgan fingerprint density at radius 2 is 2.00 bits per heavy atom. The Morgan fingerprint density at radius 3 is 2.59 bits per heavy atom. The number of halogens is 1. The summed E-state index contributed by atoms with van der Waals surface area (Å²) in [5, 5.41) is 10.00. The molecule has 1 aromatic heterocycles. The minimum atomic E-state index is -3.84. The highest BCUT2D eigenvalue weighted by Crippen LogP contribution is 2.28. The van der Waals surface area contributed by atoms with Crippen molar-refractivity contribution in [1.82, 2.24) is 10.2 Å². The molecule has 2 heterocycles. The van der Waals surface area contributed by atoms with Gasteiger partial charge in [-0.2, -0.15) is 0 Å². The normalized spacial score (nSPS) is 14.9. The summed E-state index contributed by atoms with van der Waals surface area (Å²) in [5.74, 6) is 0.867. The number of hydrogen-bond acceptors (Lipinski definition) is 8. The zero-order valence-corrected chi connectivity index (χ0v) is 18.5. The van der Waals surface area contributed by atoms with E-state index in [0.29, 0.717) is 12.1 Å². The summed E-state index contributed by atoms with van der Waals surface area (Å²) in [7, 11) is -3.84. The van der Waals surface area contributed by atoms with Gasteiger partial charge in [-0.15, -0.1) is 10.2 Å². The van der Waals surface area contributed by atoms with Gasteiger partial charge in [0.1, 0.15) is 4.38 Å². The maximum atomic E-state index is 12.5. The monoisotopic (exact) mass is 471 g/mol. The number of nitrogens with zero attached hydrogens (tertiary/aromatic N) is 3. The molecule has 1 unspecified atom stereocenters. The van der Waals surface area contributed by atoms with Crippen LogP contribution in [0.4, 0.5) is 11.5 Å². The molecule has 0 spiro atoms. The third-order valence-electron chi connectivity index (χ3n) is 3.77. The van der Waals surface area contributed by atoms with E-state index in [9.17, 15) is 13.2 Å². The summed E-state index contributed by atoms with van der Waals surface area (Å²) in [6.07, 6.45) is 0.661. The maximum Gasteiger partial charge on any atom is 0.263 e. The second kappa shape index (κ2) is 9.79. The first kappa shape index (κ1) is 21.9. The van der Waals surface area contributed by atoms with E-state index < -0.39 is 10.0 Å². The minimum Gasteiger partial charge on any atom is -0.325 e. The van der Waals surface area contributed by atoms with Crippen molar-refractivity contribution in [3.8, 4) is 0 Å². The molecule has 2 N–H and O–H groups in total. The molecule has 154 valence electrons. The van der Waals surface area contributed by atoms with E-state index in [4.69, 9.17) is 11.6 Å². The van der Waals surface area contributed by atoms with E-state index in [1.54, 1.807) is 23.9 Å². The lowest BCUT2D eigenvalue weighted by Gasteiger charge is -2.14. The number of carbonyl (C=O) groups is 1. The Balaban J connectivity index is 1.64. The molecule has 29 heavy (non-hydrogen) atoms. The predicted octanol–water partition coefficient (Wildman–Crippen LogP) is 3.48. The van der Waals surface area contributed by atoms with Crippen LogP contribution in [0.5, 0.6) is 0 Å². The number of sulfonamides is 1. The van der Waals surface area contributed by atoms with Gasteiger partial charge in [-0.05, 0) is 42.8 Å².